The highest BCUT2D eigenvalue weighted by Crippen LogP contribution is 2.36. The van der Waals surface area contributed by atoms with E-state index in [9.17, 15) is 9.50 Å². The number of rotatable bonds is 6. The van der Waals surface area contributed by atoms with Gasteiger partial charge in [0.05, 0.1) is 27.7 Å². The normalized spacial score (nSPS) is 18.1. The van der Waals surface area contributed by atoms with E-state index < -0.39 is 5.60 Å². The lowest BCUT2D eigenvalue weighted by molar-refractivity contribution is -0.0121. The molecule has 5 aromatic heterocycles. The second-order valence-corrected chi connectivity index (χ2v) is 18.8. The molecule has 2 aliphatic rings. The Morgan fingerprint density at radius 2 is 1.37 bits per heavy atom. The predicted octanol–water partition coefficient (Wildman–Crippen LogP) is 11.8. The van der Waals surface area contributed by atoms with Crippen LogP contribution in [-0.4, -0.2) is 54.0 Å². The summed E-state index contributed by atoms with van der Waals surface area (Å²) in [6.45, 7) is 26.8. The molecule has 0 radical (unpaired) electrons. The minimum absolute atomic E-state index is 0.163. The summed E-state index contributed by atoms with van der Waals surface area (Å²) in [5.74, 6) is 2.90. The quantitative estimate of drug-likeness (QED) is 0.170. The number of hydrogen-bond donors (Lipinski definition) is 2. The van der Waals surface area contributed by atoms with Crippen LogP contribution in [0.2, 0.25) is 5.02 Å². The van der Waals surface area contributed by atoms with E-state index in [4.69, 9.17) is 22.6 Å². The van der Waals surface area contributed by atoms with Crippen LogP contribution in [0.4, 0.5) is 10.2 Å². The molecule has 1 aliphatic heterocycles. The van der Waals surface area contributed by atoms with Gasteiger partial charge in [0.15, 0.2) is 0 Å². The summed E-state index contributed by atoms with van der Waals surface area (Å²) in [5, 5.41) is 24.4. The van der Waals surface area contributed by atoms with Crippen molar-refractivity contribution in [2.75, 3.05) is 18.0 Å². The number of nitriles is 1. The Morgan fingerprint density at radius 1 is 0.794 bits per heavy atom. The van der Waals surface area contributed by atoms with E-state index in [2.05, 4.69) is 104 Å². The molecule has 0 bridgehead atoms. The van der Waals surface area contributed by atoms with Crippen molar-refractivity contribution < 1.29 is 9.50 Å². The van der Waals surface area contributed by atoms with Crippen LogP contribution in [0.3, 0.4) is 0 Å². The van der Waals surface area contributed by atoms with Crippen molar-refractivity contribution in [3.05, 3.63) is 129 Å². The van der Waals surface area contributed by atoms with E-state index >= 15 is 0 Å². The lowest BCUT2D eigenvalue weighted by Gasteiger charge is -2.34. The van der Waals surface area contributed by atoms with Crippen LogP contribution < -0.4 is 10.6 Å². The minimum atomic E-state index is -0.707. The number of pyridine rings is 4. The highest BCUT2D eigenvalue weighted by molar-refractivity contribution is 6.31. The van der Waals surface area contributed by atoms with E-state index in [1.807, 2.05) is 71.4 Å². The largest absolute Gasteiger partial charge is 0.384 e. The molecular formula is C51H73ClFN9O. The molecule has 63 heavy (non-hydrogen) atoms. The number of halogens is 2. The number of aryl methyl sites for hydroxylation is 4. The van der Waals surface area contributed by atoms with Crippen molar-refractivity contribution >= 4 is 17.4 Å². The predicted molar refractivity (Wildman–Crippen MR) is 257 cm³/mol. The summed E-state index contributed by atoms with van der Waals surface area (Å²) < 4.78 is 14.8. The van der Waals surface area contributed by atoms with Crippen LogP contribution in [0.25, 0.3) is 0 Å². The summed E-state index contributed by atoms with van der Waals surface area (Å²) in [6.07, 6.45) is 11.6. The van der Waals surface area contributed by atoms with Crippen LogP contribution >= 0.6 is 11.6 Å². The molecule has 10 nitrogen and oxygen atoms in total. The Labute approximate surface area is 382 Å². The van der Waals surface area contributed by atoms with E-state index in [1.54, 1.807) is 17.1 Å². The highest BCUT2D eigenvalue weighted by atomic mass is 35.5. The van der Waals surface area contributed by atoms with E-state index in [0.29, 0.717) is 34.9 Å². The van der Waals surface area contributed by atoms with Gasteiger partial charge in [-0.3, -0.25) is 19.6 Å². The van der Waals surface area contributed by atoms with Gasteiger partial charge in [-0.25, -0.2) is 9.37 Å². The average Bonchev–Trinajstić information content (AvgIpc) is 3.87. The first-order valence-electron chi connectivity index (χ1n) is 22.4. The first-order valence-corrected chi connectivity index (χ1v) is 22.8. The third kappa shape index (κ3) is 16.4. The van der Waals surface area contributed by atoms with Crippen molar-refractivity contribution in [1.29, 1.82) is 5.26 Å². The van der Waals surface area contributed by atoms with E-state index in [-0.39, 0.29) is 17.8 Å². The highest BCUT2D eigenvalue weighted by Gasteiger charge is 2.35. The van der Waals surface area contributed by atoms with Gasteiger partial charge in [0.25, 0.3) is 0 Å². The second kappa shape index (κ2) is 24.9. The van der Waals surface area contributed by atoms with Gasteiger partial charge in [0, 0.05) is 62.4 Å². The Morgan fingerprint density at radius 3 is 1.83 bits per heavy atom. The zero-order valence-corrected chi connectivity index (χ0v) is 40.9. The smallest absolute Gasteiger partial charge is 0.146 e. The molecule has 342 valence electrons. The van der Waals surface area contributed by atoms with Crippen molar-refractivity contribution in [3.63, 3.8) is 0 Å². The SMILES string of the molecule is CC1CCN(c2nc(C(C)C)ccc2C#N)C1.Cc1ccc(C(C)C)nc1.Cc1cnc(C(C)C)c(Cl)c1.Cc1cnc(C(C)C)c(F)c1.Cn1nccc1C1(O)CCC(N)CC1. The average molecular weight is 883 g/mol. The summed E-state index contributed by atoms with van der Waals surface area (Å²) in [7, 11) is 1.86. The van der Waals surface area contributed by atoms with Crippen molar-refractivity contribution in [1.82, 2.24) is 29.7 Å². The number of aromatic nitrogens is 6. The maximum Gasteiger partial charge on any atom is 0.146 e. The Balaban J connectivity index is 0.000000213. The zero-order valence-electron chi connectivity index (χ0n) is 40.1. The van der Waals surface area contributed by atoms with Crippen LogP contribution in [0, 0.1) is 43.8 Å². The molecule has 2 fully saturated rings. The monoisotopic (exact) mass is 882 g/mol. The first kappa shape index (κ1) is 52.6. The van der Waals surface area contributed by atoms with Gasteiger partial charge < -0.3 is 15.7 Å². The molecule has 5 aromatic rings. The molecule has 3 N–H and O–H groups in total. The van der Waals surface area contributed by atoms with Gasteiger partial charge in [-0.2, -0.15) is 10.4 Å². The molecule has 1 saturated heterocycles. The molecule has 0 spiro atoms. The summed E-state index contributed by atoms with van der Waals surface area (Å²) >= 11 is 5.96. The molecule has 0 aromatic carbocycles. The Hall–Kier alpha value is -4.76. The molecule has 6 heterocycles. The molecule has 1 atom stereocenters. The molecule has 1 unspecified atom stereocenters. The number of hydrogen-bond acceptors (Lipinski definition) is 9. The Bertz CT molecular complexity index is 2130. The van der Waals surface area contributed by atoms with Crippen LogP contribution in [0.15, 0.2) is 67.3 Å². The number of nitrogens with two attached hydrogens (primary N) is 1. The number of nitrogens with zero attached hydrogens (tertiary/aromatic N) is 8. The summed E-state index contributed by atoms with van der Waals surface area (Å²) in [6, 6.07) is 15.9. The standard InChI is InChI=1S/C14H19N3.C10H17N3O.C9H12ClN.C9H12FN.C9H13N/c1-10(2)13-5-4-12(8-15)14(16-13)17-7-6-11(3)9-17;1-13-9(4-7-12-13)10(14)5-2-8(11)3-6-10;2*1-6(2)9-8(10)4-7(3)5-11-9;1-7(2)9-5-4-8(3)6-10-9/h4-5,10-11H,6-7,9H2,1-3H3;4,7-8,14H,2-3,5-6,11H2,1H3;2*4-6H,1-3H3;4-7H,1-3H3. The molecular weight excluding hydrogens is 809 g/mol. The van der Waals surface area contributed by atoms with Gasteiger partial charge in [-0.1, -0.05) is 80.0 Å². The lowest BCUT2D eigenvalue weighted by atomic mass is 9.80. The van der Waals surface area contributed by atoms with Gasteiger partial charge in [0.2, 0.25) is 0 Å². The molecule has 0 amide bonds. The van der Waals surface area contributed by atoms with Gasteiger partial charge >= 0.3 is 0 Å². The lowest BCUT2D eigenvalue weighted by Crippen LogP contribution is -2.38. The molecule has 1 aliphatic carbocycles. The fourth-order valence-corrected chi connectivity index (χ4v) is 7.64. The molecule has 7 rings (SSSR count). The molecule has 1 saturated carbocycles. The van der Waals surface area contributed by atoms with Crippen LogP contribution in [0.5, 0.6) is 0 Å². The van der Waals surface area contributed by atoms with Crippen LogP contribution in [-0.2, 0) is 12.6 Å². The van der Waals surface area contributed by atoms with Gasteiger partial charge in [-0.05, 0) is 136 Å². The third-order valence-electron chi connectivity index (χ3n) is 11.1. The Kier molecular flexibility index (Phi) is 20.8. The second-order valence-electron chi connectivity index (χ2n) is 18.4. The number of aliphatic hydroxyl groups is 1. The van der Waals surface area contributed by atoms with Crippen molar-refractivity contribution in [2.45, 2.75) is 151 Å². The van der Waals surface area contributed by atoms with Crippen molar-refractivity contribution in [3.8, 4) is 6.07 Å². The number of anilines is 1. The fourth-order valence-electron chi connectivity index (χ4n) is 7.20. The van der Waals surface area contributed by atoms with E-state index in [0.717, 1.165) is 77.8 Å². The summed E-state index contributed by atoms with van der Waals surface area (Å²) in [4.78, 5) is 19.4. The maximum absolute atomic E-state index is 13.0. The van der Waals surface area contributed by atoms with E-state index in [1.165, 1.54) is 23.7 Å². The third-order valence-corrected chi connectivity index (χ3v) is 11.4. The van der Waals surface area contributed by atoms with Crippen molar-refractivity contribution in [2.24, 2.45) is 18.7 Å². The zero-order chi connectivity index (χ0) is 47.0. The fraction of sp³-hybridized carbons (Fsp3) is 0.529. The van der Waals surface area contributed by atoms with Crippen LogP contribution in [0.1, 0.15) is 169 Å². The maximum atomic E-state index is 13.0. The minimum Gasteiger partial charge on any atom is -0.384 e. The topological polar surface area (TPSA) is 143 Å². The molecule has 12 heteroatoms. The van der Waals surface area contributed by atoms with Gasteiger partial charge in [-0.15, -0.1) is 0 Å². The first-order chi connectivity index (χ1) is 29.6. The van der Waals surface area contributed by atoms with Gasteiger partial charge in [0.1, 0.15) is 23.3 Å². The summed E-state index contributed by atoms with van der Waals surface area (Å²) in [5.41, 5.74) is 13.7.